The third-order valence-electron chi connectivity index (χ3n) is 4.19. The van der Waals surface area contributed by atoms with E-state index in [2.05, 4.69) is 16.4 Å². The molecule has 0 aliphatic heterocycles. The zero-order valence-corrected chi connectivity index (χ0v) is 15.7. The molecule has 0 radical (unpaired) electrons. The summed E-state index contributed by atoms with van der Waals surface area (Å²) in [7, 11) is 1.62. The van der Waals surface area contributed by atoms with E-state index in [1.54, 1.807) is 7.11 Å². The van der Waals surface area contributed by atoms with E-state index in [0.717, 1.165) is 22.2 Å². The Morgan fingerprint density at radius 1 is 1.07 bits per heavy atom. The Balaban J connectivity index is 1.38. The molecule has 1 atom stereocenters. The topological polar surface area (TPSA) is 75.7 Å². The van der Waals surface area contributed by atoms with Crippen LogP contribution in [-0.2, 0) is 0 Å². The lowest BCUT2D eigenvalue weighted by Gasteiger charge is -2.15. The number of nitrogens with one attached hydrogen (secondary N) is 2. The smallest absolute Gasteiger partial charge is 0.161 e. The second-order valence-corrected chi connectivity index (χ2v) is 6.37. The van der Waals surface area contributed by atoms with Gasteiger partial charge in [0, 0.05) is 30.2 Å². The molecule has 0 bridgehead atoms. The highest BCUT2D eigenvalue weighted by Crippen LogP contribution is 2.27. The van der Waals surface area contributed by atoms with Gasteiger partial charge in [0.2, 0.25) is 0 Å². The Kier molecular flexibility index (Phi) is 6.57. The van der Waals surface area contributed by atoms with Crippen molar-refractivity contribution in [3.05, 3.63) is 54.2 Å². The fourth-order valence-corrected chi connectivity index (χ4v) is 2.87. The maximum Gasteiger partial charge on any atom is 0.161 e. The third kappa shape index (κ3) is 5.15. The molecule has 6 nitrogen and oxygen atoms in total. The zero-order valence-electron chi connectivity index (χ0n) is 15.7. The molecule has 3 rings (SSSR count). The lowest BCUT2D eigenvalue weighted by atomic mass is 10.1. The Hall–Kier alpha value is -2.70. The lowest BCUT2D eigenvalue weighted by Crippen LogP contribution is -2.33. The molecule has 27 heavy (non-hydrogen) atoms. The molecule has 0 aliphatic rings. The van der Waals surface area contributed by atoms with Crippen LogP contribution in [-0.4, -0.2) is 49.6 Å². The first-order valence-corrected chi connectivity index (χ1v) is 9.02. The van der Waals surface area contributed by atoms with Gasteiger partial charge in [-0.25, -0.2) is 0 Å². The highest BCUT2D eigenvalue weighted by atomic mass is 16.5. The van der Waals surface area contributed by atoms with Gasteiger partial charge < -0.3 is 29.6 Å². The summed E-state index contributed by atoms with van der Waals surface area (Å²) in [6.07, 6.45) is 1.28. The van der Waals surface area contributed by atoms with Crippen molar-refractivity contribution >= 4 is 10.9 Å². The van der Waals surface area contributed by atoms with Gasteiger partial charge in [-0.1, -0.05) is 12.1 Å². The molecule has 1 aromatic heterocycles. The van der Waals surface area contributed by atoms with E-state index in [4.69, 9.17) is 14.2 Å². The van der Waals surface area contributed by atoms with Gasteiger partial charge in [-0.3, -0.25) is 0 Å². The molecular weight excluding hydrogens is 344 g/mol. The maximum atomic E-state index is 10.1. The van der Waals surface area contributed by atoms with E-state index in [1.807, 2.05) is 49.5 Å². The van der Waals surface area contributed by atoms with Crippen LogP contribution in [0.15, 0.2) is 48.7 Å². The molecule has 3 N–H and O–H groups in total. The summed E-state index contributed by atoms with van der Waals surface area (Å²) in [4.78, 5) is 3.18. The summed E-state index contributed by atoms with van der Waals surface area (Å²) in [5.74, 6) is 2.20. The number of benzene rings is 2. The van der Waals surface area contributed by atoms with E-state index in [9.17, 15) is 5.11 Å². The maximum absolute atomic E-state index is 10.1. The number of ether oxygens (including phenoxy) is 3. The number of fused-ring (bicyclic) bond motifs is 1. The minimum absolute atomic E-state index is 0.226. The number of aliphatic hydroxyl groups is 1. The molecule has 0 amide bonds. The predicted molar refractivity (Wildman–Crippen MR) is 106 cm³/mol. The van der Waals surface area contributed by atoms with Crippen molar-refractivity contribution in [2.45, 2.75) is 13.0 Å². The van der Waals surface area contributed by atoms with Gasteiger partial charge in [-0.05, 0) is 42.8 Å². The number of aromatic amines is 1. The van der Waals surface area contributed by atoms with Crippen LogP contribution in [0.3, 0.4) is 0 Å². The number of hydrogen-bond donors (Lipinski definition) is 3. The number of aliphatic hydroxyl groups excluding tert-OH is 1. The van der Waals surface area contributed by atoms with E-state index in [1.165, 1.54) is 0 Å². The van der Waals surface area contributed by atoms with Crippen LogP contribution in [0.2, 0.25) is 0 Å². The quantitative estimate of drug-likeness (QED) is 0.479. The summed E-state index contributed by atoms with van der Waals surface area (Å²) >= 11 is 0. The van der Waals surface area contributed by atoms with Crippen LogP contribution in [0.1, 0.15) is 5.56 Å². The van der Waals surface area contributed by atoms with Crippen LogP contribution in [0.4, 0.5) is 0 Å². The Morgan fingerprint density at radius 3 is 2.70 bits per heavy atom. The van der Waals surface area contributed by atoms with Crippen LogP contribution in [0.25, 0.3) is 10.9 Å². The van der Waals surface area contributed by atoms with Crippen LogP contribution in [0.5, 0.6) is 17.2 Å². The van der Waals surface area contributed by atoms with E-state index in [0.29, 0.717) is 31.2 Å². The fourth-order valence-electron chi connectivity index (χ4n) is 2.87. The number of H-pyrrole nitrogens is 1. The zero-order chi connectivity index (χ0) is 19.1. The van der Waals surface area contributed by atoms with Crippen molar-refractivity contribution < 1.29 is 19.3 Å². The van der Waals surface area contributed by atoms with E-state index < -0.39 is 6.10 Å². The van der Waals surface area contributed by atoms with Crippen molar-refractivity contribution in [3.8, 4) is 17.2 Å². The second kappa shape index (κ2) is 9.30. The molecule has 3 aromatic rings. The lowest BCUT2D eigenvalue weighted by molar-refractivity contribution is 0.106. The first-order valence-electron chi connectivity index (χ1n) is 9.02. The molecule has 0 fully saturated rings. The summed E-state index contributed by atoms with van der Waals surface area (Å²) in [5.41, 5.74) is 2.15. The monoisotopic (exact) mass is 370 g/mol. The first-order chi connectivity index (χ1) is 13.2. The minimum Gasteiger partial charge on any atom is -0.493 e. The van der Waals surface area contributed by atoms with E-state index in [-0.39, 0.29) is 6.61 Å². The van der Waals surface area contributed by atoms with Gasteiger partial charge in [0.1, 0.15) is 25.1 Å². The summed E-state index contributed by atoms with van der Waals surface area (Å²) in [6.45, 7) is 3.77. The minimum atomic E-state index is -0.606. The van der Waals surface area contributed by atoms with Crippen LogP contribution in [0, 0.1) is 6.92 Å². The highest BCUT2D eigenvalue weighted by molar-refractivity contribution is 5.86. The average Bonchev–Trinajstić information content (AvgIpc) is 3.14. The first kappa shape index (κ1) is 19.1. The van der Waals surface area contributed by atoms with Crippen molar-refractivity contribution in [2.75, 3.05) is 33.4 Å². The van der Waals surface area contributed by atoms with Crippen molar-refractivity contribution in [2.24, 2.45) is 0 Å². The molecule has 144 valence electrons. The van der Waals surface area contributed by atoms with Crippen molar-refractivity contribution in [1.82, 2.24) is 10.3 Å². The van der Waals surface area contributed by atoms with Crippen LogP contribution >= 0.6 is 0 Å². The van der Waals surface area contributed by atoms with Crippen molar-refractivity contribution in [3.63, 3.8) is 0 Å². The van der Waals surface area contributed by atoms with Gasteiger partial charge in [-0.15, -0.1) is 0 Å². The molecule has 0 saturated heterocycles. The number of methoxy groups -OCH3 is 1. The molecule has 0 saturated carbocycles. The van der Waals surface area contributed by atoms with Gasteiger partial charge >= 0.3 is 0 Å². The standard InChI is InChI=1S/C21H26N2O4/c1-15-11-18-17(7-8-23-18)21(12-15)27-14-16(24)13-22-9-10-26-20-6-4-3-5-19(20)25-2/h3-8,11-12,16,22-24H,9-10,13-14H2,1-2H3. The van der Waals surface area contributed by atoms with Gasteiger partial charge in [0.15, 0.2) is 11.5 Å². The number of hydrogen-bond acceptors (Lipinski definition) is 5. The number of aryl methyl sites for hydroxylation is 1. The Morgan fingerprint density at radius 2 is 1.89 bits per heavy atom. The van der Waals surface area contributed by atoms with Crippen LogP contribution < -0.4 is 19.5 Å². The second-order valence-electron chi connectivity index (χ2n) is 6.37. The molecule has 1 heterocycles. The summed E-state index contributed by atoms with van der Waals surface area (Å²) in [6, 6.07) is 13.6. The molecular formula is C21H26N2O4. The largest absolute Gasteiger partial charge is 0.493 e. The predicted octanol–water partition coefficient (Wildman–Crippen LogP) is 2.89. The van der Waals surface area contributed by atoms with Crippen molar-refractivity contribution in [1.29, 1.82) is 0 Å². The average molecular weight is 370 g/mol. The molecule has 0 spiro atoms. The Bertz CT molecular complexity index is 862. The summed E-state index contributed by atoms with van der Waals surface area (Å²) < 4.78 is 16.8. The highest BCUT2D eigenvalue weighted by Gasteiger charge is 2.09. The fraction of sp³-hybridized carbons (Fsp3) is 0.333. The van der Waals surface area contributed by atoms with Gasteiger partial charge in [0.25, 0.3) is 0 Å². The summed E-state index contributed by atoms with van der Waals surface area (Å²) in [5, 5.41) is 14.3. The van der Waals surface area contributed by atoms with E-state index >= 15 is 0 Å². The number of aromatic nitrogens is 1. The molecule has 6 heteroatoms. The molecule has 1 unspecified atom stereocenters. The Labute approximate surface area is 159 Å². The normalized spacial score (nSPS) is 12.1. The molecule has 2 aromatic carbocycles. The SMILES string of the molecule is COc1ccccc1OCCNCC(O)COc1cc(C)cc2[nH]ccc12. The number of para-hydroxylation sites is 2. The van der Waals surface area contributed by atoms with Gasteiger partial charge in [0.05, 0.1) is 7.11 Å². The molecule has 0 aliphatic carbocycles. The third-order valence-corrected chi connectivity index (χ3v) is 4.19. The number of rotatable bonds is 10. The van der Waals surface area contributed by atoms with Gasteiger partial charge in [-0.2, -0.15) is 0 Å².